The van der Waals surface area contributed by atoms with Crippen molar-refractivity contribution in [2.75, 3.05) is 18.5 Å². The number of anilines is 1. The highest BCUT2D eigenvalue weighted by atomic mass is 32.2. The lowest BCUT2D eigenvalue weighted by Crippen LogP contribution is -2.32. The van der Waals surface area contributed by atoms with E-state index in [0.717, 1.165) is 25.7 Å². The van der Waals surface area contributed by atoms with E-state index in [-0.39, 0.29) is 23.0 Å². The van der Waals surface area contributed by atoms with Crippen LogP contribution in [0.15, 0.2) is 24.3 Å². The van der Waals surface area contributed by atoms with Crippen molar-refractivity contribution in [2.24, 2.45) is 0 Å². The number of hydrogen-bond acceptors (Lipinski definition) is 6. The number of ether oxygens (including phenoxy) is 1. The lowest BCUT2D eigenvalue weighted by Gasteiger charge is -2.15. The predicted molar refractivity (Wildman–Crippen MR) is 115 cm³/mol. The molecule has 6 nitrogen and oxygen atoms in total. The molecular weight excluding hydrogens is 396 g/mol. The Morgan fingerprint density at radius 1 is 1.18 bits per heavy atom. The molecule has 1 aromatic rings. The van der Waals surface area contributed by atoms with Crippen LogP contribution >= 0.6 is 24.0 Å². The fourth-order valence-electron chi connectivity index (χ4n) is 2.82. The van der Waals surface area contributed by atoms with Crippen LogP contribution in [0.4, 0.5) is 5.69 Å². The van der Waals surface area contributed by atoms with Crippen LogP contribution in [-0.2, 0) is 14.3 Å². The van der Waals surface area contributed by atoms with Crippen molar-refractivity contribution in [1.82, 2.24) is 4.90 Å². The summed E-state index contributed by atoms with van der Waals surface area (Å²) < 4.78 is 5.59. The molecule has 0 aliphatic carbocycles. The highest BCUT2D eigenvalue weighted by Gasteiger charge is 2.34. The van der Waals surface area contributed by atoms with Crippen LogP contribution in [0.2, 0.25) is 0 Å². The number of nitrogens with zero attached hydrogens (tertiary/aromatic N) is 1. The topological polar surface area (TPSA) is 75.7 Å². The van der Waals surface area contributed by atoms with Gasteiger partial charge in [-0.25, -0.2) is 4.79 Å². The molecule has 28 heavy (non-hydrogen) atoms. The molecule has 1 aromatic carbocycles. The van der Waals surface area contributed by atoms with Gasteiger partial charge < -0.3 is 10.1 Å². The predicted octanol–water partition coefficient (Wildman–Crippen LogP) is 4.00. The average Bonchev–Trinajstić information content (AvgIpc) is 2.95. The molecule has 2 amide bonds. The van der Waals surface area contributed by atoms with Gasteiger partial charge in [0.05, 0.1) is 17.4 Å². The van der Waals surface area contributed by atoms with Gasteiger partial charge in [0, 0.05) is 18.7 Å². The van der Waals surface area contributed by atoms with Gasteiger partial charge in [-0.3, -0.25) is 14.5 Å². The number of hydrogen-bond donors (Lipinski definition) is 1. The minimum atomic E-state index is -0.375. The van der Waals surface area contributed by atoms with Crippen molar-refractivity contribution < 1.29 is 19.1 Å². The van der Waals surface area contributed by atoms with Crippen molar-refractivity contribution in [2.45, 2.75) is 51.2 Å². The third-order valence-corrected chi connectivity index (χ3v) is 6.09. The van der Waals surface area contributed by atoms with Gasteiger partial charge in [0.25, 0.3) is 0 Å². The Balaban J connectivity index is 1.66. The lowest BCUT2D eigenvalue weighted by molar-refractivity contribution is -0.126. The Labute approximate surface area is 175 Å². The van der Waals surface area contributed by atoms with E-state index in [1.54, 1.807) is 36.1 Å². The molecule has 1 fully saturated rings. The fourth-order valence-corrected chi connectivity index (χ4v) is 4.30. The van der Waals surface area contributed by atoms with Crippen molar-refractivity contribution in [3.63, 3.8) is 0 Å². The minimum absolute atomic E-state index is 0.0338. The second-order valence-electron chi connectivity index (χ2n) is 6.43. The van der Waals surface area contributed by atoms with E-state index >= 15 is 0 Å². The molecule has 1 N–H and O–H groups in total. The lowest BCUT2D eigenvalue weighted by atomic mass is 10.1. The van der Waals surface area contributed by atoms with Gasteiger partial charge in [0.2, 0.25) is 11.8 Å². The first-order chi connectivity index (χ1) is 13.5. The number of benzene rings is 1. The van der Waals surface area contributed by atoms with E-state index in [1.807, 2.05) is 6.92 Å². The average molecular weight is 423 g/mol. The van der Waals surface area contributed by atoms with Gasteiger partial charge >= 0.3 is 5.97 Å². The van der Waals surface area contributed by atoms with E-state index in [4.69, 9.17) is 17.0 Å². The summed E-state index contributed by atoms with van der Waals surface area (Å²) in [5.74, 6) is -0.334. The molecule has 1 aliphatic heterocycles. The van der Waals surface area contributed by atoms with Gasteiger partial charge in [0.15, 0.2) is 0 Å². The summed E-state index contributed by atoms with van der Waals surface area (Å²) in [5.41, 5.74) is 1.10. The second kappa shape index (κ2) is 11.2. The zero-order valence-electron chi connectivity index (χ0n) is 16.2. The smallest absolute Gasteiger partial charge is 0.338 e. The van der Waals surface area contributed by atoms with Crippen LogP contribution in [0.25, 0.3) is 0 Å². The number of unbranched alkanes of at least 4 members (excludes halogenated alkanes) is 2. The van der Waals surface area contributed by atoms with Gasteiger partial charge in [-0.1, -0.05) is 37.3 Å². The normalized spacial score (nSPS) is 16.4. The molecule has 2 rings (SSSR count). The standard InChI is InChI=1S/C20H26N2O4S2/c1-3-16-18(24)22(20(27)28-16)13-7-5-6-8-17(23)21-15-11-9-14(10-12-15)19(25)26-4-2/h9-12,16H,3-8,13H2,1-2H3,(H,21,23). The summed E-state index contributed by atoms with van der Waals surface area (Å²) in [4.78, 5) is 37.5. The maximum atomic E-state index is 12.1. The van der Waals surface area contributed by atoms with Crippen molar-refractivity contribution in [1.29, 1.82) is 0 Å². The number of thiocarbonyl (C=S) groups is 1. The maximum Gasteiger partial charge on any atom is 0.338 e. The molecule has 0 aromatic heterocycles. The number of rotatable bonds is 10. The van der Waals surface area contributed by atoms with E-state index in [2.05, 4.69) is 5.32 Å². The highest BCUT2D eigenvalue weighted by Crippen LogP contribution is 2.29. The summed E-state index contributed by atoms with van der Waals surface area (Å²) in [6.07, 6.45) is 3.62. The van der Waals surface area contributed by atoms with Crippen molar-refractivity contribution >= 4 is 51.8 Å². The first-order valence-corrected chi connectivity index (χ1v) is 10.8. The first-order valence-electron chi connectivity index (χ1n) is 9.55. The van der Waals surface area contributed by atoms with Crippen LogP contribution < -0.4 is 5.32 Å². The largest absolute Gasteiger partial charge is 0.462 e. The second-order valence-corrected chi connectivity index (χ2v) is 8.26. The third kappa shape index (κ3) is 6.31. The SMILES string of the molecule is CCOC(=O)c1ccc(NC(=O)CCCCCN2C(=O)C(CC)SC2=S)cc1. The summed E-state index contributed by atoms with van der Waals surface area (Å²) in [6.45, 7) is 4.69. The van der Waals surface area contributed by atoms with Gasteiger partial charge in [-0.2, -0.15) is 0 Å². The fraction of sp³-hybridized carbons (Fsp3) is 0.500. The monoisotopic (exact) mass is 422 g/mol. The van der Waals surface area contributed by atoms with Crippen molar-refractivity contribution in [3.8, 4) is 0 Å². The Bertz CT molecular complexity index is 721. The van der Waals surface area contributed by atoms with Crippen LogP contribution in [0, 0.1) is 0 Å². The molecular formula is C20H26N2O4S2. The summed E-state index contributed by atoms with van der Waals surface area (Å²) in [6, 6.07) is 6.63. The molecule has 1 aliphatic rings. The molecule has 1 unspecified atom stereocenters. The highest BCUT2D eigenvalue weighted by molar-refractivity contribution is 8.24. The molecule has 1 atom stereocenters. The summed E-state index contributed by atoms with van der Waals surface area (Å²) >= 11 is 6.74. The zero-order valence-corrected chi connectivity index (χ0v) is 17.9. The molecule has 0 spiro atoms. The van der Waals surface area contributed by atoms with E-state index in [9.17, 15) is 14.4 Å². The van der Waals surface area contributed by atoms with Crippen LogP contribution in [-0.4, -0.2) is 45.4 Å². The number of carbonyl (C=O) groups excluding carboxylic acids is 3. The number of thioether (sulfide) groups is 1. The van der Waals surface area contributed by atoms with Crippen molar-refractivity contribution in [3.05, 3.63) is 29.8 Å². The molecule has 152 valence electrons. The molecule has 0 radical (unpaired) electrons. The summed E-state index contributed by atoms with van der Waals surface area (Å²) in [5, 5.41) is 2.79. The summed E-state index contributed by atoms with van der Waals surface area (Å²) in [7, 11) is 0. The minimum Gasteiger partial charge on any atom is -0.462 e. The quantitative estimate of drug-likeness (QED) is 0.349. The number of carbonyl (C=O) groups is 3. The van der Waals surface area contributed by atoms with Gasteiger partial charge in [-0.05, 0) is 50.5 Å². The van der Waals surface area contributed by atoms with Crippen LogP contribution in [0.5, 0.6) is 0 Å². The van der Waals surface area contributed by atoms with E-state index in [0.29, 0.717) is 35.1 Å². The maximum absolute atomic E-state index is 12.1. The Hall–Kier alpha value is -1.93. The molecule has 8 heteroatoms. The Morgan fingerprint density at radius 2 is 1.89 bits per heavy atom. The van der Waals surface area contributed by atoms with Crippen LogP contribution in [0.1, 0.15) is 56.3 Å². The van der Waals surface area contributed by atoms with Crippen LogP contribution in [0.3, 0.4) is 0 Å². The van der Waals surface area contributed by atoms with Gasteiger partial charge in [0.1, 0.15) is 4.32 Å². The van der Waals surface area contributed by atoms with E-state index < -0.39 is 0 Å². The number of esters is 1. The third-order valence-electron chi connectivity index (χ3n) is 4.34. The van der Waals surface area contributed by atoms with E-state index in [1.165, 1.54) is 11.8 Å². The number of amides is 2. The number of nitrogens with one attached hydrogen (secondary N) is 1. The Kier molecular flexibility index (Phi) is 8.92. The molecule has 0 bridgehead atoms. The first kappa shape index (κ1) is 22.4. The van der Waals surface area contributed by atoms with Gasteiger partial charge in [-0.15, -0.1) is 0 Å². The Morgan fingerprint density at radius 3 is 2.50 bits per heavy atom. The molecule has 0 saturated carbocycles. The molecule has 1 saturated heterocycles. The zero-order chi connectivity index (χ0) is 20.5. The molecule has 1 heterocycles.